The highest BCUT2D eigenvalue weighted by molar-refractivity contribution is 5.69. The second-order valence-corrected chi connectivity index (χ2v) is 12.2. The fourth-order valence-corrected chi connectivity index (χ4v) is 4.92. The van der Waals surface area contributed by atoms with Gasteiger partial charge in [-0.3, -0.25) is 4.79 Å². The standard InChI is InChI=1S/C43H72O4/c1-3-5-7-9-11-13-15-17-19-21-23-25-27-29-31-33-35-37-39-46-41-42(40-44)47-43(45)38-36-34-32-30-28-26-24-22-20-18-16-14-12-10-8-6-4-2/h5-8,11-14,17-20,24,26,42,44H,3-4,9-10,15-16,21-23,25,27-41H2,1-2H3/b7-5-,8-6-,13-11-,14-12-,19-17-,20-18-,26-24-. The Labute approximate surface area is 290 Å². The zero-order valence-corrected chi connectivity index (χ0v) is 30.5. The molecule has 0 aromatic rings. The highest BCUT2D eigenvalue weighted by Crippen LogP contribution is 2.11. The first-order chi connectivity index (χ1) is 23.2. The van der Waals surface area contributed by atoms with Crippen molar-refractivity contribution in [3.05, 3.63) is 85.1 Å². The van der Waals surface area contributed by atoms with Crippen molar-refractivity contribution < 1.29 is 19.4 Å². The van der Waals surface area contributed by atoms with Crippen LogP contribution < -0.4 is 0 Å². The number of carbonyl (C=O) groups is 1. The van der Waals surface area contributed by atoms with Gasteiger partial charge in [-0.2, -0.15) is 0 Å². The molecular formula is C43H72O4. The van der Waals surface area contributed by atoms with Crippen molar-refractivity contribution in [3.8, 4) is 0 Å². The number of ether oxygens (including phenoxy) is 2. The Hall–Kier alpha value is -2.43. The zero-order valence-electron chi connectivity index (χ0n) is 30.5. The van der Waals surface area contributed by atoms with Gasteiger partial charge in [0.25, 0.3) is 0 Å². The third-order valence-corrected chi connectivity index (χ3v) is 7.72. The van der Waals surface area contributed by atoms with Gasteiger partial charge in [0.1, 0.15) is 6.10 Å². The minimum atomic E-state index is -0.556. The smallest absolute Gasteiger partial charge is 0.306 e. The zero-order chi connectivity index (χ0) is 34.1. The van der Waals surface area contributed by atoms with Gasteiger partial charge in [0.05, 0.1) is 13.2 Å². The van der Waals surface area contributed by atoms with Crippen molar-refractivity contribution in [2.24, 2.45) is 0 Å². The molecule has 0 fully saturated rings. The Balaban J connectivity index is 3.54. The van der Waals surface area contributed by atoms with Crippen LogP contribution in [0.25, 0.3) is 0 Å². The van der Waals surface area contributed by atoms with Gasteiger partial charge in [-0.25, -0.2) is 0 Å². The molecule has 0 aromatic heterocycles. The van der Waals surface area contributed by atoms with Gasteiger partial charge in [-0.1, -0.05) is 150 Å². The Morgan fingerprint density at radius 1 is 0.511 bits per heavy atom. The highest BCUT2D eigenvalue weighted by Gasteiger charge is 2.13. The molecule has 268 valence electrons. The molecule has 1 unspecified atom stereocenters. The quantitative estimate of drug-likeness (QED) is 0.0427. The number of hydrogen-bond acceptors (Lipinski definition) is 4. The second-order valence-electron chi connectivity index (χ2n) is 12.2. The lowest BCUT2D eigenvalue weighted by Gasteiger charge is -2.15. The number of aliphatic hydroxyl groups is 1. The summed E-state index contributed by atoms with van der Waals surface area (Å²) in [6, 6.07) is 0. The van der Waals surface area contributed by atoms with E-state index in [0.29, 0.717) is 13.0 Å². The summed E-state index contributed by atoms with van der Waals surface area (Å²) in [6.07, 6.45) is 54.8. The molecule has 47 heavy (non-hydrogen) atoms. The largest absolute Gasteiger partial charge is 0.457 e. The summed E-state index contributed by atoms with van der Waals surface area (Å²) in [7, 11) is 0. The lowest BCUT2D eigenvalue weighted by Crippen LogP contribution is -2.27. The van der Waals surface area contributed by atoms with Crippen molar-refractivity contribution in [3.63, 3.8) is 0 Å². The van der Waals surface area contributed by atoms with E-state index in [4.69, 9.17) is 9.47 Å². The summed E-state index contributed by atoms with van der Waals surface area (Å²) in [5.41, 5.74) is 0. The normalized spacial score (nSPS) is 13.3. The number of unbranched alkanes of at least 4 members (excludes halogenated alkanes) is 12. The van der Waals surface area contributed by atoms with Crippen LogP contribution in [0.15, 0.2) is 85.1 Å². The molecule has 0 aliphatic rings. The Morgan fingerprint density at radius 2 is 0.894 bits per heavy atom. The van der Waals surface area contributed by atoms with Crippen LogP contribution >= 0.6 is 0 Å². The van der Waals surface area contributed by atoms with Crippen LogP contribution in [-0.4, -0.2) is 37.0 Å². The molecule has 0 aromatic carbocycles. The molecule has 1 N–H and O–H groups in total. The van der Waals surface area contributed by atoms with Crippen LogP contribution in [-0.2, 0) is 14.3 Å². The van der Waals surface area contributed by atoms with E-state index in [9.17, 15) is 9.90 Å². The number of allylic oxidation sites excluding steroid dienone is 14. The molecule has 0 aliphatic carbocycles. The van der Waals surface area contributed by atoms with Crippen LogP contribution in [0, 0.1) is 0 Å². The first kappa shape index (κ1) is 44.6. The van der Waals surface area contributed by atoms with Crippen molar-refractivity contribution in [2.75, 3.05) is 19.8 Å². The molecule has 0 rings (SSSR count). The van der Waals surface area contributed by atoms with Gasteiger partial charge in [-0.15, -0.1) is 0 Å². The first-order valence-corrected chi connectivity index (χ1v) is 19.2. The summed E-state index contributed by atoms with van der Waals surface area (Å²) in [6.45, 7) is 5.06. The van der Waals surface area contributed by atoms with Crippen molar-refractivity contribution in [1.29, 1.82) is 0 Å². The minimum absolute atomic E-state index is 0.190. The molecule has 0 bridgehead atoms. The number of rotatable bonds is 34. The van der Waals surface area contributed by atoms with E-state index in [1.165, 1.54) is 44.9 Å². The fourth-order valence-electron chi connectivity index (χ4n) is 4.92. The third kappa shape index (κ3) is 37.9. The summed E-state index contributed by atoms with van der Waals surface area (Å²) in [4.78, 5) is 12.2. The van der Waals surface area contributed by atoms with E-state index in [1.807, 2.05) is 0 Å². The van der Waals surface area contributed by atoms with Gasteiger partial charge in [0, 0.05) is 13.0 Å². The monoisotopic (exact) mass is 653 g/mol. The maximum absolute atomic E-state index is 12.2. The molecule has 4 heteroatoms. The predicted molar refractivity (Wildman–Crippen MR) is 205 cm³/mol. The van der Waals surface area contributed by atoms with E-state index in [1.54, 1.807) is 0 Å². The van der Waals surface area contributed by atoms with Crippen molar-refractivity contribution in [2.45, 2.75) is 161 Å². The van der Waals surface area contributed by atoms with E-state index in [2.05, 4.69) is 98.9 Å². The molecule has 0 saturated heterocycles. The van der Waals surface area contributed by atoms with E-state index in [-0.39, 0.29) is 19.2 Å². The van der Waals surface area contributed by atoms with Crippen LogP contribution in [0.1, 0.15) is 155 Å². The molecule has 4 nitrogen and oxygen atoms in total. The summed E-state index contributed by atoms with van der Waals surface area (Å²) in [5, 5.41) is 9.57. The molecule has 0 spiro atoms. The minimum Gasteiger partial charge on any atom is -0.457 e. The Morgan fingerprint density at radius 3 is 1.34 bits per heavy atom. The number of esters is 1. The van der Waals surface area contributed by atoms with Gasteiger partial charge in [0.15, 0.2) is 0 Å². The summed E-state index contributed by atoms with van der Waals surface area (Å²) < 4.78 is 11.1. The lowest BCUT2D eigenvalue weighted by atomic mass is 10.1. The van der Waals surface area contributed by atoms with E-state index in [0.717, 1.165) is 89.9 Å². The predicted octanol–water partition coefficient (Wildman–Crippen LogP) is 12.4. The fraction of sp³-hybridized carbons (Fsp3) is 0.651. The SMILES string of the molecule is CC/C=C\C/C=C\C/C=C\C/C=C\CCCCCCC(=O)OC(CO)COCCCCCCCCCC/C=C\C/C=C\C/C=C\CC. The maximum atomic E-state index is 12.2. The molecule has 0 amide bonds. The maximum Gasteiger partial charge on any atom is 0.306 e. The Bertz CT molecular complexity index is 861. The molecule has 0 radical (unpaired) electrons. The number of carbonyl (C=O) groups excluding carboxylic acids is 1. The lowest BCUT2D eigenvalue weighted by molar-refractivity contribution is -0.154. The molecule has 0 heterocycles. The van der Waals surface area contributed by atoms with Crippen LogP contribution in [0.5, 0.6) is 0 Å². The molecule has 1 atom stereocenters. The van der Waals surface area contributed by atoms with Crippen LogP contribution in [0.4, 0.5) is 0 Å². The Kier molecular flexibility index (Phi) is 37.7. The number of aliphatic hydroxyl groups excluding tert-OH is 1. The molecule has 0 aliphatic heterocycles. The van der Waals surface area contributed by atoms with E-state index < -0.39 is 6.10 Å². The first-order valence-electron chi connectivity index (χ1n) is 19.2. The number of hydrogen-bond donors (Lipinski definition) is 1. The van der Waals surface area contributed by atoms with Crippen LogP contribution in [0.3, 0.4) is 0 Å². The average Bonchev–Trinajstić information content (AvgIpc) is 3.08. The third-order valence-electron chi connectivity index (χ3n) is 7.72. The topological polar surface area (TPSA) is 55.8 Å². The summed E-state index contributed by atoms with van der Waals surface area (Å²) >= 11 is 0. The molecule has 0 saturated carbocycles. The van der Waals surface area contributed by atoms with Gasteiger partial charge in [-0.05, 0) is 83.5 Å². The van der Waals surface area contributed by atoms with Crippen molar-refractivity contribution >= 4 is 5.97 Å². The van der Waals surface area contributed by atoms with Gasteiger partial charge >= 0.3 is 5.97 Å². The van der Waals surface area contributed by atoms with Gasteiger partial charge < -0.3 is 14.6 Å². The average molecular weight is 653 g/mol. The van der Waals surface area contributed by atoms with E-state index >= 15 is 0 Å². The van der Waals surface area contributed by atoms with Crippen LogP contribution in [0.2, 0.25) is 0 Å². The summed E-state index contributed by atoms with van der Waals surface area (Å²) in [5.74, 6) is -0.231. The second kappa shape index (κ2) is 39.7. The molecular weight excluding hydrogens is 580 g/mol. The van der Waals surface area contributed by atoms with Crippen molar-refractivity contribution in [1.82, 2.24) is 0 Å². The highest BCUT2D eigenvalue weighted by atomic mass is 16.6. The van der Waals surface area contributed by atoms with Gasteiger partial charge in [0.2, 0.25) is 0 Å².